The Bertz CT molecular complexity index is 817. The first kappa shape index (κ1) is 19.3. The van der Waals surface area contributed by atoms with E-state index >= 15 is 0 Å². The lowest BCUT2D eigenvalue weighted by atomic mass is 9.81. The molecule has 0 aliphatic carbocycles. The van der Waals surface area contributed by atoms with Gasteiger partial charge >= 0.3 is 0 Å². The zero-order valence-electron chi connectivity index (χ0n) is 14.4. The normalized spacial score (nSPS) is 22.7. The Labute approximate surface area is 144 Å². The molecule has 9 heteroatoms. The number of hydrogen-bond donors (Lipinski definition) is 1. The standard InChI is InChI=1S/C15H25N3O4S2/c1-15(2)11-18(10-9-14(15)16)24(21,22)13-8-6-5-7-12(13)23(19,20)17(3)4/h5-8,14H,9-11,16H2,1-4H3. The molecule has 0 saturated carbocycles. The second-order valence-electron chi connectivity index (χ2n) is 6.96. The SMILES string of the molecule is CN(C)S(=O)(=O)c1ccccc1S(=O)(=O)N1CCC(N)C(C)(C)C1. The molecular formula is C15H25N3O4S2. The van der Waals surface area contributed by atoms with Crippen LogP contribution in [0, 0.1) is 5.41 Å². The van der Waals surface area contributed by atoms with Gasteiger partial charge in [-0.05, 0) is 24.0 Å². The molecule has 0 aromatic heterocycles. The van der Waals surface area contributed by atoms with Gasteiger partial charge in [-0.2, -0.15) is 4.31 Å². The second-order valence-corrected chi connectivity index (χ2v) is 11.0. The van der Waals surface area contributed by atoms with E-state index in [4.69, 9.17) is 5.73 Å². The average Bonchev–Trinajstić information content (AvgIpc) is 2.49. The van der Waals surface area contributed by atoms with Crippen molar-refractivity contribution in [2.24, 2.45) is 11.1 Å². The van der Waals surface area contributed by atoms with Crippen LogP contribution in [0.5, 0.6) is 0 Å². The minimum atomic E-state index is -3.93. The molecule has 24 heavy (non-hydrogen) atoms. The lowest BCUT2D eigenvalue weighted by molar-refractivity contribution is 0.155. The van der Waals surface area contributed by atoms with Crippen LogP contribution in [0.15, 0.2) is 34.1 Å². The van der Waals surface area contributed by atoms with Gasteiger partial charge in [0.1, 0.15) is 9.79 Å². The molecule has 2 N–H and O–H groups in total. The maximum absolute atomic E-state index is 13.1. The van der Waals surface area contributed by atoms with Crippen molar-refractivity contribution in [3.05, 3.63) is 24.3 Å². The van der Waals surface area contributed by atoms with E-state index in [0.29, 0.717) is 6.42 Å². The van der Waals surface area contributed by atoms with Crippen LogP contribution in [0.3, 0.4) is 0 Å². The lowest BCUT2D eigenvalue weighted by Gasteiger charge is -2.41. The van der Waals surface area contributed by atoms with E-state index in [0.717, 1.165) is 4.31 Å². The van der Waals surface area contributed by atoms with Crippen molar-refractivity contribution < 1.29 is 16.8 Å². The fraction of sp³-hybridized carbons (Fsp3) is 0.600. The van der Waals surface area contributed by atoms with E-state index in [2.05, 4.69) is 0 Å². The van der Waals surface area contributed by atoms with Gasteiger partial charge in [0.05, 0.1) is 0 Å². The summed E-state index contributed by atoms with van der Waals surface area (Å²) in [4.78, 5) is -0.396. The highest BCUT2D eigenvalue weighted by atomic mass is 32.2. The van der Waals surface area contributed by atoms with Gasteiger partial charge in [0.25, 0.3) is 0 Å². The summed E-state index contributed by atoms with van der Waals surface area (Å²) in [6.07, 6.45) is 0.537. The zero-order chi connectivity index (χ0) is 18.3. The molecule has 0 bridgehead atoms. The van der Waals surface area contributed by atoms with Gasteiger partial charge in [0.2, 0.25) is 20.0 Å². The van der Waals surface area contributed by atoms with Gasteiger partial charge in [-0.3, -0.25) is 0 Å². The van der Waals surface area contributed by atoms with Crippen molar-refractivity contribution in [3.8, 4) is 0 Å². The van der Waals surface area contributed by atoms with E-state index in [1.165, 1.54) is 42.7 Å². The van der Waals surface area contributed by atoms with E-state index < -0.39 is 20.0 Å². The van der Waals surface area contributed by atoms with Gasteiger partial charge in [0, 0.05) is 33.2 Å². The first-order valence-electron chi connectivity index (χ1n) is 7.68. The number of nitrogens with two attached hydrogens (primary N) is 1. The third-order valence-corrected chi connectivity index (χ3v) is 8.41. The quantitative estimate of drug-likeness (QED) is 0.834. The molecule has 0 amide bonds. The molecule has 7 nitrogen and oxygen atoms in total. The first-order chi connectivity index (χ1) is 10.9. The molecular weight excluding hydrogens is 350 g/mol. The molecule has 1 saturated heterocycles. The molecule has 2 rings (SSSR count). The monoisotopic (exact) mass is 375 g/mol. The van der Waals surface area contributed by atoms with Crippen LogP contribution in [0.25, 0.3) is 0 Å². The minimum Gasteiger partial charge on any atom is -0.327 e. The Hall–Kier alpha value is -1.00. The number of rotatable bonds is 4. The molecule has 1 heterocycles. The van der Waals surface area contributed by atoms with Crippen LogP contribution in [-0.4, -0.2) is 58.7 Å². The van der Waals surface area contributed by atoms with Crippen LogP contribution in [0.1, 0.15) is 20.3 Å². The summed E-state index contributed by atoms with van der Waals surface area (Å²) >= 11 is 0. The van der Waals surface area contributed by atoms with E-state index in [1.54, 1.807) is 0 Å². The topological polar surface area (TPSA) is 101 Å². The summed E-state index contributed by atoms with van der Waals surface area (Å²) in [5.74, 6) is 0. The molecule has 0 radical (unpaired) electrons. The molecule has 1 aromatic carbocycles. The summed E-state index contributed by atoms with van der Waals surface area (Å²) in [6, 6.07) is 5.62. The van der Waals surface area contributed by atoms with Crippen molar-refractivity contribution in [1.29, 1.82) is 0 Å². The van der Waals surface area contributed by atoms with Crippen LogP contribution in [-0.2, 0) is 20.0 Å². The molecule has 1 aliphatic heterocycles. The molecule has 1 fully saturated rings. The highest BCUT2D eigenvalue weighted by molar-refractivity contribution is 7.92. The van der Waals surface area contributed by atoms with Crippen LogP contribution < -0.4 is 5.73 Å². The molecule has 0 spiro atoms. The average molecular weight is 376 g/mol. The largest absolute Gasteiger partial charge is 0.327 e. The molecule has 1 aliphatic rings. The predicted molar refractivity (Wildman–Crippen MR) is 92.4 cm³/mol. The fourth-order valence-electron chi connectivity index (χ4n) is 2.74. The van der Waals surface area contributed by atoms with Crippen LogP contribution in [0.2, 0.25) is 0 Å². The zero-order valence-corrected chi connectivity index (χ0v) is 16.1. The smallest absolute Gasteiger partial charge is 0.244 e. The number of nitrogens with zero attached hydrogens (tertiary/aromatic N) is 2. The summed E-state index contributed by atoms with van der Waals surface area (Å²) in [6.45, 7) is 4.37. The van der Waals surface area contributed by atoms with Crippen molar-refractivity contribution in [2.45, 2.75) is 36.1 Å². The third-order valence-electron chi connectivity index (χ3n) is 4.50. The summed E-state index contributed by atoms with van der Waals surface area (Å²) in [5, 5.41) is 0. The number of piperidine rings is 1. The second kappa shape index (κ2) is 6.38. The summed E-state index contributed by atoms with van der Waals surface area (Å²) in [7, 11) is -5.04. The Morgan fingerprint density at radius 2 is 1.67 bits per heavy atom. The summed E-state index contributed by atoms with van der Waals surface area (Å²) in [5.41, 5.74) is 5.70. The van der Waals surface area contributed by atoms with Crippen LogP contribution in [0.4, 0.5) is 0 Å². The van der Waals surface area contributed by atoms with E-state index in [1.807, 2.05) is 13.8 Å². The highest BCUT2D eigenvalue weighted by Crippen LogP contribution is 2.33. The maximum Gasteiger partial charge on any atom is 0.244 e. The van der Waals surface area contributed by atoms with E-state index in [-0.39, 0.29) is 34.3 Å². The number of benzene rings is 1. The predicted octanol–water partition coefficient (Wildman–Crippen LogP) is 0.685. The third kappa shape index (κ3) is 3.36. The summed E-state index contributed by atoms with van der Waals surface area (Å²) < 4.78 is 53.5. The maximum atomic E-state index is 13.1. The Balaban J connectivity index is 2.53. The van der Waals surface area contributed by atoms with Gasteiger partial charge in [-0.1, -0.05) is 26.0 Å². The number of sulfonamides is 2. The van der Waals surface area contributed by atoms with Crippen LogP contribution >= 0.6 is 0 Å². The first-order valence-corrected chi connectivity index (χ1v) is 10.6. The van der Waals surface area contributed by atoms with Gasteiger partial charge < -0.3 is 5.73 Å². The van der Waals surface area contributed by atoms with Gasteiger partial charge in [0.15, 0.2) is 0 Å². The van der Waals surface area contributed by atoms with Crippen molar-refractivity contribution in [2.75, 3.05) is 27.2 Å². The van der Waals surface area contributed by atoms with Gasteiger partial charge in [-0.15, -0.1) is 0 Å². The molecule has 1 unspecified atom stereocenters. The Morgan fingerprint density at radius 3 is 2.17 bits per heavy atom. The molecule has 1 aromatic rings. The Kier molecular flexibility index (Phi) is 5.14. The molecule has 136 valence electrons. The van der Waals surface area contributed by atoms with Crippen molar-refractivity contribution >= 4 is 20.0 Å². The highest BCUT2D eigenvalue weighted by Gasteiger charge is 2.40. The Morgan fingerprint density at radius 1 is 1.12 bits per heavy atom. The van der Waals surface area contributed by atoms with Crippen molar-refractivity contribution in [1.82, 2.24) is 8.61 Å². The van der Waals surface area contributed by atoms with E-state index in [9.17, 15) is 16.8 Å². The molecule has 1 atom stereocenters. The van der Waals surface area contributed by atoms with Crippen molar-refractivity contribution in [3.63, 3.8) is 0 Å². The lowest BCUT2D eigenvalue weighted by Crippen LogP contribution is -2.54. The number of hydrogen-bond acceptors (Lipinski definition) is 5. The fourth-order valence-corrected chi connectivity index (χ4v) is 6.04. The minimum absolute atomic E-state index is 0.0929. The van der Waals surface area contributed by atoms with Gasteiger partial charge in [-0.25, -0.2) is 21.1 Å².